The van der Waals surface area contributed by atoms with Gasteiger partial charge in [-0.3, -0.25) is 0 Å². The molecule has 0 fully saturated rings. The van der Waals surface area contributed by atoms with Gasteiger partial charge in [0.2, 0.25) is 0 Å². The summed E-state index contributed by atoms with van der Waals surface area (Å²) >= 11 is 0. The Bertz CT molecular complexity index is 752. The van der Waals surface area contributed by atoms with Crippen LogP contribution in [-0.4, -0.2) is 91.8 Å². The molecule has 0 aliphatic carbocycles. The summed E-state index contributed by atoms with van der Waals surface area (Å²) in [5.74, 6) is 0. The van der Waals surface area contributed by atoms with E-state index in [1.807, 2.05) is 0 Å². The van der Waals surface area contributed by atoms with Gasteiger partial charge in [0.05, 0.1) is 28.2 Å². The van der Waals surface area contributed by atoms with Gasteiger partial charge in [0, 0.05) is 0 Å². The second-order valence-corrected chi connectivity index (χ2v) is 5.97. The Kier molecular flexibility index (Phi) is 29.3. The molecule has 4 aromatic rings. The quantitative estimate of drug-likeness (QED) is 0.162. The van der Waals surface area contributed by atoms with Crippen LogP contribution in [0.4, 0.5) is 0 Å². The molecule has 0 unspecified atom stereocenters. The molecule has 217 valence electrons. The summed E-state index contributed by atoms with van der Waals surface area (Å²) in [6.45, 7) is 0. The van der Waals surface area contributed by atoms with E-state index in [9.17, 15) is 0 Å². The number of aromatic nitrogens is 16. The molecular weight excluding hydrogens is 615 g/mol. The topological polar surface area (TPSA) is 422 Å². The summed E-state index contributed by atoms with van der Waals surface area (Å²) in [7, 11) is -3.03. The molecular formula is C8H20Cl2CuN16O10. The molecule has 29 heteroatoms. The summed E-state index contributed by atoms with van der Waals surface area (Å²) in [6.07, 6.45) is 5.56. The molecule has 1 radical (unpaired) electrons. The van der Waals surface area contributed by atoms with Crippen molar-refractivity contribution in [1.82, 2.24) is 80.8 Å². The van der Waals surface area contributed by atoms with Crippen molar-refractivity contribution >= 4 is 0 Å². The van der Waals surface area contributed by atoms with Crippen molar-refractivity contribution < 1.29 is 85.8 Å². The number of halogens is 2. The monoisotopic (exact) mass is 633 g/mol. The average molecular weight is 635 g/mol. The van der Waals surface area contributed by atoms with Gasteiger partial charge >= 0.3 is 17.1 Å². The van der Waals surface area contributed by atoms with Crippen LogP contribution in [0.25, 0.3) is 0 Å². The zero-order valence-electron chi connectivity index (χ0n) is 18.8. The molecule has 4 aromatic heterocycles. The molecule has 0 aromatic carbocycles. The first-order chi connectivity index (χ1) is 15.6. The minimum atomic E-state index is -4.94. The van der Waals surface area contributed by atoms with Crippen molar-refractivity contribution in [3.8, 4) is 0 Å². The predicted molar refractivity (Wildman–Crippen MR) is 82.4 cm³/mol. The molecule has 0 bridgehead atoms. The molecule has 0 saturated carbocycles. The predicted octanol–water partition coefficient (Wildman–Crippen LogP) is -14.3. The van der Waals surface area contributed by atoms with Crippen LogP contribution in [0.1, 0.15) is 0 Å². The minimum Gasteiger partial charge on any atom is -0.412 e. The van der Waals surface area contributed by atoms with Crippen molar-refractivity contribution in [2.24, 2.45) is 28.2 Å². The van der Waals surface area contributed by atoms with Crippen LogP contribution in [0, 0.1) is 20.5 Å². The van der Waals surface area contributed by atoms with Gasteiger partial charge in [-0.15, -0.1) is 61.3 Å². The van der Waals surface area contributed by atoms with Crippen molar-refractivity contribution in [2.45, 2.75) is 0 Å². The van der Waals surface area contributed by atoms with Gasteiger partial charge in [-0.05, 0) is 20.9 Å². The summed E-state index contributed by atoms with van der Waals surface area (Å²) < 4.78 is 67.9. The number of hydrogen-bond donors (Lipinski definition) is 0. The first kappa shape index (κ1) is 44.0. The maximum Gasteiger partial charge on any atom is 2.00 e. The van der Waals surface area contributed by atoms with Crippen LogP contribution < -0.4 is 37.3 Å². The van der Waals surface area contributed by atoms with E-state index in [0.717, 1.165) is 0 Å². The van der Waals surface area contributed by atoms with E-state index in [1.165, 1.54) is 44.5 Å². The third kappa shape index (κ3) is 50.7. The molecule has 0 amide bonds. The van der Waals surface area contributed by atoms with E-state index < -0.39 is 20.5 Å². The van der Waals surface area contributed by atoms with Crippen LogP contribution >= 0.6 is 0 Å². The number of nitrogens with zero attached hydrogens (tertiary/aromatic N) is 16. The average Bonchev–Trinajstić information content (AvgIpc) is 3.44. The summed E-state index contributed by atoms with van der Waals surface area (Å²) in [6, 6.07) is 0. The third-order valence-electron chi connectivity index (χ3n) is 1.81. The normalized spacial score (nSPS) is 8.97. The second-order valence-electron chi connectivity index (χ2n) is 4.46. The Morgan fingerprint density at radius 3 is 0.595 bits per heavy atom. The van der Waals surface area contributed by atoms with E-state index >= 15 is 0 Å². The summed E-state index contributed by atoms with van der Waals surface area (Å²) in [4.78, 5) is 5.56. The summed E-state index contributed by atoms with van der Waals surface area (Å²) in [5.41, 5.74) is 0. The van der Waals surface area contributed by atoms with Crippen molar-refractivity contribution in [1.29, 1.82) is 0 Å². The first-order valence-corrected chi connectivity index (χ1v) is 9.96. The van der Waals surface area contributed by atoms with E-state index in [4.69, 9.17) is 37.3 Å². The molecule has 4 rings (SSSR count). The fraction of sp³-hybridized carbons (Fsp3) is 0.500. The molecule has 26 nitrogen and oxygen atoms in total. The van der Waals surface area contributed by atoms with Crippen LogP contribution in [0.3, 0.4) is 0 Å². The Balaban J connectivity index is -0.000000109. The third-order valence-corrected chi connectivity index (χ3v) is 1.81. The Morgan fingerprint density at radius 1 is 0.432 bits per heavy atom. The first-order valence-electron chi connectivity index (χ1n) is 7.49. The number of rotatable bonds is 0. The molecule has 0 spiro atoms. The molecule has 4 N–H and O–H groups in total. The molecule has 4 heterocycles. The van der Waals surface area contributed by atoms with Crippen LogP contribution in [0.5, 0.6) is 0 Å². The largest absolute Gasteiger partial charge is 2.00 e. The van der Waals surface area contributed by atoms with Gasteiger partial charge in [0.15, 0.2) is 25.3 Å². The fourth-order valence-corrected chi connectivity index (χ4v) is 0.875. The van der Waals surface area contributed by atoms with Gasteiger partial charge in [-0.25, -0.2) is 37.3 Å². The van der Waals surface area contributed by atoms with E-state index in [0.29, 0.717) is 0 Å². The Hall–Kier alpha value is -3.02. The van der Waals surface area contributed by atoms with Crippen molar-refractivity contribution in [2.75, 3.05) is 0 Å². The Morgan fingerprint density at radius 2 is 0.568 bits per heavy atom. The minimum absolute atomic E-state index is 0. The van der Waals surface area contributed by atoms with Crippen LogP contribution in [0.15, 0.2) is 25.3 Å². The number of hydrogen-bond acceptors (Lipinski definition) is 20. The SMILES string of the molecule is Cn1ncnn1.Cn1ncnn1.Cn1ncnn1.Cn1ncnn1.O.O.[Cu+2].[O-][Cl+3]([O-])([O-])[O-].[O-][Cl+3]([O-])([O-])[O-]. The van der Waals surface area contributed by atoms with Crippen LogP contribution in [-0.2, 0) is 45.3 Å². The van der Waals surface area contributed by atoms with Gasteiger partial charge in [-0.1, -0.05) is 0 Å². The van der Waals surface area contributed by atoms with Crippen molar-refractivity contribution in [3.63, 3.8) is 0 Å². The van der Waals surface area contributed by atoms with E-state index in [1.54, 1.807) is 28.2 Å². The Labute approximate surface area is 220 Å². The number of aryl methyl sites for hydroxylation is 4. The zero-order chi connectivity index (χ0) is 26.6. The molecule has 0 aliphatic rings. The fourth-order valence-electron chi connectivity index (χ4n) is 0.875. The van der Waals surface area contributed by atoms with Crippen LogP contribution in [0.2, 0.25) is 0 Å². The van der Waals surface area contributed by atoms with Gasteiger partial charge in [-0.2, -0.15) is 19.2 Å². The van der Waals surface area contributed by atoms with E-state index in [2.05, 4.69) is 61.6 Å². The maximum absolute atomic E-state index is 8.49. The van der Waals surface area contributed by atoms with Gasteiger partial charge < -0.3 is 11.0 Å². The standard InChI is InChI=1S/4C2H4N4.2ClHO4.Cu.2H2O/c4*1-6-4-2-3-5-6;2*2-1(3,4)5;;;/h4*2H,1H3;2*(H,2,3,4,5);;2*1H2/q;;;;;;+2;;/p-2. The van der Waals surface area contributed by atoms with Gasteiger partial charge in [0.25, 0.3) is 0 Å². The maximum atomic E-state index is 8.49. The second kappa shape index (κ2) is 24.7. The molecule has 0 aliphatic heterocycles. The van der Waals surface area contributed by atoms with E-state index in [-0.39, 0.29) is 28.0 Å². The van der Waals surface area contributed by atoms with Crippen molar-refractivity contribution in [3.05, 3.63) is 25.3 Å². The molecule has 0 saturated heterocycles. The molecule has 0 atom stereocenters. The molecule has 37 heavy (non-hydrogen) atoms. The summed E-state index contributed by atoms with van der Waals surface area (Å²) in [5, 5.41) is 42.0. The number of tetrazole rings is 4. The smallest absolute Gasteiger partial charge is 0.412 e. The zero-order valence-corrected chi connectivity index (χ0v) is 21.2. The van der Waals surface area contributed by atoms with Gasteiger partial charge in [0.1, 0.15) is 0 Å².